The first-order chi connectivity index (χ1) is 8.65. The molecule has 1 aromatic heterocycles. The van der Waals surface area contributed by atoms with E-state index in [1.165, 1.54) is 0 Å². The smallest absolute Gasteiger partial charge is 0.247 e. The first-order valence-electron chi connectivity index (χ1n) is 6.28. The van der Waals surface area contributed by atoms with E-state index in [9.17, 15) is 10.1 Å². The highest BCUT2D eigenvalue weighted by molar-refractivity contribution is 5.99. The Morgan fingerprint density at radius 1 is 1.33 bits per heavy atom. The van der Waals surface area contributed by atoms with E-state index in [0.29, 0.717) is 19.4 Å². The van der Waals surface area contributed by atoms with Gasteiger partial charge in [0.25, 0.3) is 0 Å². The number of hydrogen-bond donors (Lipinski definition) is 0. The van der Waals surface area contributed by atoms with Crippen LogP contribution in [0.4, 0.5) is 5.69 Å². The van der Waals surface area contributed by atoms with Gasteiger partial charge in [-0.2, -0.15) is 5.26 Å². The van der Waals surface area contributed by atoms with Gasteiger partial charge in [0.05, 0.1) is 6.07 Å². The van der Waals surface area contributed by atoms with Crippen LogP contribution in [0.1, 0.15) is 33.6 Å². The molecule has 0 N–H and O–H groups in total. The maximum absolute atomic E-state index is 12.6. The number of hydrogen-bond acceptors (Lipinski definition) is 3. The lowest BCUT2D eigenvalue weighted by Gasteiger charge is -2.30. The van der Waals surface area contributed by atoms with Crippen LogP contribution in [0, 0.1) is 16.7 Å². The monoisotopic (exact) mass is 245 g/mol. The quantitative estimate of drug-likeness (QED) is 0.801. The van der Waals surface area contributed by atoms with E-state index in [4.69, 9.17) is 0 Å². The van der Waals surface area contributed by atoms with E-state index in [1.54, 1.807) is 29.4 Å². The summed E-state index contributed by atoms with van der Waals surface area (Å²) in [5, 5.41) is 9.33. The molecule has 4 heteroatoms. The maximum atomic E-state index is 12.6. The van der Waals surface area contributed by atoms with Crippen molar-refractivity contribution in [3.05, 3.63) is 24.5 Å². The van der Waals surface area contributed by atoms with Gasteiger partial charge in [0.1, 0.15) is 5.41 Å². The van der Waals surface area contributed by atoms with Crippen molar-refractivity contribution >= 4 is 11.6 Å². The minimum Gasteiger partial charge on any atom is -0.311 e. The van der Waals surface area contributed by atoms with Crippen molar-refractivity contribution in [2.24, 2.45) is 5.41 Å². The number of rotatable bonds is 5. The van der Waals surface area contributed by atoms with E-state index >= 15 is 0 Å². The molecule has 96 valence electrons. The molecule has 0 saturated heterocycles. The van der Waals surface area contributed by atoms with Crippen LogP contribution in [0.2, 0.25) is 0 Å². The van der Waals surface area contributed by atoms with Crippen LogP contribution >= 0.6 is 0 Å². The highest BCUT2D eigenvalue weighted by Crippen LogP contribution is 2.30. The Morgan fingerprint density at radius 3 is 2.28 bits per heavy atom. The molecule has 1 rings (SSSR count). The van der Waals surface area contributed by atoms with Gasteiger partial charge in [-0.15, -0.1) is 0 Å². The van der Waals surface area contributed by atoms with Crippen molar-refractivity contribution in [2.45, 2.75) is 33.6 Å². The predicted octanol–water partition coefficient (Wildman–Crippen LogP) is 2.76. The molecule has 4 nitrogen and oxygen atoms in total. The molecule has 0 aliphatic heterocycles. The Kier molecular flexibility index (Phi) is 4.85. The van der Waals surface area contributed by atoms with Crippen molar-refractivity contribution in [1.82, 2.24) is 4.98 Å². The molecular weight excluding hydrogens is 226 g/mol. The normalized spacial score (nSPS) is 10.8. The highest BCUT2D eigenvalue weighted by Gasteiger charge is 2.38. The Bertz CT molecular complexity index is 432. The van der Waals surface area contributed by atoms with Crippen LogP contribution < -0.4 is 4.90 Å². The first kappa shape index (κ1) is 14.2. The number of amides is 1. The number of carbonyl (C=O) groups is 1. The molecule has 0 atom stereocenters. The SMILES string of the molecule is CCN(C(=O)C(C#N)(CC)CC)c1ccncc1. The van der Waals surface area contributed by atoms with Crippen molar-refractivity contribution in [1.29, 1.82) is 5.26 Å². The van der Waals surface area contributed by atoms with Crippen molar-refractivity contribution in [3.63, 3.8) is 0 Å². The average Bonchev–Trinajstić information content (AvgIpc) is 2.43. The fraction of sp³-hybridized carbons (Fsp3) is 0.500. The summed E-state index contributed by atoms with van der Waals surface area (Å²) in [5.41, 5.74) is -0.127. The molecule has 0 aromatic carbocycles. The standard InChI is InChI=1S/C14H19N3O/c1-4-14(5-2,11-15)13(18)17(6-3)12-7-9-16-10-8-12/h7-10H,4-6H2,1-3H3. The summed E-state index contributed by atoms with van der Waals surface area (Å²) < 4.78 is 0. The van der Waals surface area contributed by atoms with Crippen LogP contribution in [-0.2, 0) is 4.79 Å². The number of carbonyl (C=O) groups excluding carboxylic acids is 1. The summed E-state index contributed by atoms with van der Waals surface area (Å²) in [4.78, 5) is 18.2. The lowest BCUT2D eigenvalue weighted by Crippen LogP contribution is -2.43. The maximum Gasteiger partial charge on any atom is 0.247 e. The molecule has 1 heterocycles. The highest BCUT2D eigenvalue weighted by atomic mass is 16.2. The fourth-order valence-electron chi connectivity index (χ4n) is 1.98. The summed E-state index contributed by atoms with van der Waals surface area (Å²) in [6.45, 7) is 6.22. The van der Waals surface area contributed by atoms with Crippen molar-refractivity contribution in [3.8, 4) is 6.07 Å². The van der Waals surface area contributed by atoms with Gasteiger partial charge in [0, 0.05) is 24.6 Å². The van der Waals surface area contributed by atoms with E-state index < -0.39 is 5.41 Å². The number of nitriles is 1. The Balaban J connectivity index is 3.11. The third-order valence-corrected chi connectivity index (χ3v) is 3.37. The first-order valence-corrected chi connectivity index (χ1v) is 6.28. The van der Waals surface area contributed by atoms with Crippen LogP contribution in [0.25, 0.3) is 0 Å². The molecule has 1 aromatic rings. The third kappa shape index (κ3) is 2.51. The van der Waals surface area contributed by atoms with Gasteiger partial charge in [0.2, 0.25) is 5.91 Å². The van der Waals surface area contributed by atoms with Gasteiger partial charge in [-0.05, 0) is 31.9 Å². The molecular formula is C14H19N3O. The summed E-state index contributed by atoms with van der Waals surface area (Å²) in [6, 6.07) is 5.77. The third-order valence-electron chi connectivity index (χ3n) is 3.37. The molecule has 0 aliphatic rings. The largest absolute Gasteiger partial charge is 0.311 e. The predicted molar refractivity (Wildman–Crippen MR) is 70.9 cm³/mol. The van der Waals surface area contributed by atoms with E-state index in [-0.39, 0.29) is 5.91 Å². The Labute approximate surface area is 108 Å². The Morgan fingerprint density at radius 2 is 1.89 bits per heavy atom. The van der Waals surface area contributed by atoms with Crippen LogP contribution in [0.5, 0.6) is 0 Å². The lowest BCUT2D eigenvalue weighted by molar-refractivity contribution is -0.125. The van der Waals surface area contributed by atoms with Gasteiger partial charge in [-0.1, -0.05) is 13.8 Å². The minimum absolute atomic E-state index is 0.122. The zero-order valence-corrected chi connectivity index (χ0v) is 11.2. The van der Waals surface area contributed by atoms with Crippen LogP contribution in [0.15, 0.2) is 24.5 Å². The van der Waals surface area contributed by atoms with Crippen LogP contribution in [0.3, 0.4) is 0 Å². The van der Waals surface area contributed by atoms with E-state index in [1.807, 2.05) is 20.8 Å². The van der Waals surface area contributed by atoms with Crippen molar-refractivity contribution in [2.75, 3.05) is 11.4 Å². The molecule has 0 fully saturated rings. The minimum atomic E-state index is -0.917. The molecule has 1 amide bonds. The Hall–Kier alpha value is -1.89. The van der Waals surface area contributed by atoms with Gasteiger partial charge in [-0.25, -0.2) is 0 Å². The number of anilines is 1. The molecule has 0 spiro atoms. The molecule has 0 bridgehead atoms. The van der Waals surface area contributed by atoms with Crippen LogP contribution in [-0.4, -0.2) is 17.4 Å². The summed E-state index contributed by atoms with van der Waals surface area (Å²) in [6.07, 6.45) is 4.36. The molecule has 0 aliphatic carbocycles. The average molecular weight is 245 g/mol. The molecule has 0 unspecified atom stereocenters. The van der Waals surface area contributed by atoms with Gasteiger partial charge >= 0.3 is 0 Å². The zero-order valence-electron chi connectivity index (χ0n) is 11.2. The summed E-state index contributed by atoms with van der Waals surface area (Å²) in [7, 11) is 0. The summed E-state index contributed by atoms with van der Waals surface area (Å²) >= 11 is 0. The molecule has 18 heavy (non-hydrogen) atoms. The second-order valence-electron chi connectivity index (χ2n) is 4.16. The second-order valence-corrected chi connectivity index (χ2v) is 4.16. The number of nitrogens with zero attached hydrogens (tertiary/aromatic N) is 3. The lowest BCUT2D eigenvalue weighted by atomic mass is 9.82. The van der Waals surface area contributed by atoms with E-state index in [2.05, 4.69) is 11.1 Å². The number of pyridine rings is 1. The summed E-state index contributed by atoms with van der Waals surface area (Å²) in [5.74, 6) is -0.122. The zero-order chi connectivity index (χ0) is 13.6. The van der Waals surface area contributed by atoms with Crippen molar-refractivity contribution < 1.29 is 4.79 Å². The number of aromatic nitrogens is 1. The van der Waals surface area contributed by atoms with Gasteiger partial charge in [-0.3, -0.25) is 9.78 Å². The molecule has 0 saturated carbocycles. The second kappa shape index (κ2) is 6.15. The van der Waals surface area contributed by atoms with Gasteiger partial charge < -0.3 is 4.90 Å². The fourth-order valence-corrected chi connectivity index (χ4v) is 1.98. The van der Waals surface area contributed by atoms with Gasteiger partial charge in [0.15, 0.2) is 0 Å². The van der Waals surface area contributed by atoms with E-state index in [0.717, 1.165) is 5.69 Å². The topological polar surface area (TPSA) is 57.0 Å². The molecule has 0 radical (unpaired) electrons.